The lowest BCUT2D eigenvalue weighted by molar-refractivity contribution is -0.122. The number of hydrogen-bond donors (Lipinski definition) is 1. The van der Waals surface area contributed by atoms with Crippen LogP contribution < -0.4 is 19.7 Å². The second-order valence-electron chi connectivity index (χ2n) is 5.81. The van der Waals surface area contributed by atoms with E-state index >= 15 is 0 Å². The Balaban J connectivity index is 1.47. The maximum atomic E-state index is 12.3. The fourth-order valence-corrected chi connectivity index (χ4v) is 2.90. The first kappa shape index (κ1) is 14.6. The summed E-state index contributed by atoms with van der Waals surface area (Å²) in [4.78, 5) is 26.3. The minimum absolute atomic E-state index is 0.0879. The second-order valence-corrected chi connectivity index (χ2v) is 5.81. The molecule has 1 fully saturated rings. The number of ether oxygens (including phenoxy) is 2. The van der Waals surface area contributed by atoms with Crippen molar-refractivity contribution >= 4 is 23.3 Å². The highest BCUT2D eigenvalue weighted by Crippen LogP contribution is 2.37. The van der Waals surface area contributed by atoms with Crippen molar-refractivity contribution in [3.05, 3.63) is 30.5 Å². The number of nitrogens with zero attached hydrogens (tertiary/aromatic N) is 3. The number of aromatic nitrogens is 2. The summed E-state index contributed by atoms with van der Waals surface area (Å²) in [5, 5.41) is 6.86. The summed E-state index contributed by atoms with van der Waals surface area (Å²) in [6.07, 6.45) is 1.92. The predicted molar refractivity (Wildman–Crippen MR) is 84.9 cm³/mol. The van der Waals surface area contributed by atoms with Gasteiger partial charge in [-0.2, -0.15) is 5.10 Å². The average Bonchev–Trinajstić information content (AvgIpc) is 3.26. The Kier molecular flexibility index (Phi) is 3.37. The zero-order valence-corrected chi connectivity index (χ0v) is 13.1. The van der Waals surface area contributed by atoms with E-state index < -0.39 is 5.92 Å². The number of amides is 2. The molecule has 0 saturated carbocycles. The monoisotopic (exact) mass is 328 g/mol. The van der Waals surface area contributed by atoms with E-state index in [-0.39, 0.29) is 25.0 Å². The van der Waals surface area contributed by atoms with Gasteiger partial charge in [0.25, 0.3) is 0 Å². The summed E-state index contributed by atoms with van der Waals surface area (Å²) in [6.45, 7) is 0.513. The molecular formula is C16H16N4O4. The highest BCUT2D eigenvalue weighted by atomic mass is 16.7. The normalized spacial score (nSPS) is 19.0. The van der Waals surface area contributed by atoms with Gasteiger partial charge in [0, 0.05) is 44.0 Å². The van der Waals surface area contributed by atoms with E-state index in [9.17, 15) is 9.59 Å². The Morgan fingerprint density at radius 3 is 2.92 bits per heavy atom. The third-order valence-electron chi connectivity index (χ3n) is 4.13. The number of carbonyl (C=O) groups excluding carboxylic acids is 2. The van der Waals surface area contributed by atoms with E-state index in [1.807, 2.05) is 0 Å². The molecular weight excluding hydrogens is 312 g/mol. The van der Waals surface area contributed by atoms with Gasteiger partial charge in [-0.15, -0.1) is 0 Å². The van der Waals surface area contributed by atoms with E-state index in [2.05, 4.69) is 10.4 Å². The maximum absolute atomic E-state index is 12.3. The number of nitrogens with one attached hydrogen (secondary N) is 1. The van der Waals surface area contributed by atoms with Crippen LogP contribution >= 0.6 is 0 Å². The number of carbonyl (C=O) groups is 2. The fraction of sp³-hybridized carbons (Fsp3) is 0.312. The van der Waals surface area contributed by atoms with E-state index in [1.54, 1.807) is 47.1 Å². The predicted octanol–water partition coefficient (Wildman–Crippen LogP) is 1.14. The molecule has 0 aliphatic carbocycles. The zero-order valence-electron chi connectivity index (χ0n) is 13.1. The van der Waals surface area contributed by atoms with Crippen molar-refractivity contribution in [1.29, 1.82) is 0 Å². The molecule has 8 nitrogen and oxygen atoms in total. The lowest BCUT2D eigenvalue weighted by Crippen LogP contribution is -2.28. The number of rotatable bonds is 3. The van der Waals surface area contributed by atoms with Gasteiger partial charge in [-0.05, 0) is 12.1 Å². The molecule has 1 N–H and O–H groups in total. The van der Waals surface area contributed by atoms with Crippen molar-refractivity contribution in [1.82, 2.24) is 9.78 Å². The van der Waals surface area contributed by atoms with Crippen molar-refractivity contribution in [2.75, 3.05) is 23.6 Å². The molecule has 2 amide bonds. The lowest BCUT2D eigenvalue weighted by atomic mass is 10.1. The Labute approximate surface area is 137 Å². The van der Waals surface area contributed by atoms with E-state index in [4.69, 9.17) is 9.47 Å². The molecule has 0 spiro atoms. The van der Waals surface area contributed by atoms with Crippen LogP contribution in [0.1, 0.15) is 6.42 Å². The van der Waals surface area contributed by atoms with Crippen LogP contribution in [0.25, 0.3) is 0 Å². The van der Waals surface area contributed by atoms with Crippen LogP contribution in [-0.2, 0) is 16.6 Å². The number of benzene rings is 1. The quantitative estimate of drug-likeness (QED) is 0.913. The molecule has 2 aliphatic heterocycles. The molecule has 1 aromatic carbocycles. The van der Waals surface area contributed by atoms with Crippen molar-refractivity contribution < 1.29 is 19.1 Å². The molecule has 1 unspecified atom stereocenters. The summed E-state index contributed by atoms with van der Waals surface area (Å²) in [5.74, 6) is 1.05. The van der Waals surface area contributed by atoms with E-state index in [1.165, 1.54) is 0 Å². The fourth-order valence-electron chi connectivity index (χ4n) is 2.90. The van der Waals surface area contributed by atoms with Crippen LogP contribution in [0.3, 0.4) is 0 Å². The van der Waals surface area contributed by atoms with Crippen LogP contribution in [0.5, 0.6) is 11.5 Å². The average molecular weight is 328 g/mol. The molecule has 2 aromatic rings. The molecule has 124 valence electrons. The lowest BCUT2D eigenvalue weighted by Gasteiger charge is -2.17. The largest absolute Gasteiger partial charge is 0.454 e. The molecule has 1 aromatic heterocycles. The van der Waals surface area contributed by atoms with Crippen molar-refractivity contribution in [2.45, 2.75) is 6.42 Å². The topological polar surface area (TPSA) is 85.7 Å². The number of aryl methyl sites for hydroxylation is 1. The Hall–Kier alpha value is -3.03. The Morgan fingerprint density at radius 1 is 1.29 bits per heavy atom. The molecule has 3 heterocycles. The van der Waals surface area contributed by atoms with Crippen LogP contribution in [0.2, 0.25) is 0 Å². The van der Waals surface area contributed by atoms with Gasteiger partial charge in [0.1, 0.15) is 0 Å². The van der Waals surface area contributed by atoms with E-state index in [0.717, 1.165) is 0 Å². The van der Waals surface area contributed by atoms with E-state index in [0.29, 0.717) is 29.5 Å². The van der Waals surface area contributed by atoms with Crippen LogP contribution in [0.15, 0.2) is 30.5 Å². The molecule has 1 atom stereocenters. The number of fused-ring (bicyclic) bond motifs is 1. The number of hydrogen-bond acceptors (Lipinski definition) is 5. The highest BCUT2D eigenvalue weighted by molar-refractivity contribution is 6.03. The standard InChI is InChI=1S/C16H16N4O4/c1-19-5-4-14(18-19)17-16(22)10-6-15(21)20(8-10)11-2-3-12-13(7-11)24-9-23-12/h2-5,7,10H,6,8-9H2,1H3,(H,17,18,22). The highest BCUT2D eigenvalue weighted by Gasteiger charge is 2.35. The summed E-state index contributed by atoms with van der Waals surface area (Å²) in [7, 11) is 1.77. The summed E-state index contributed by atoms with van der Waals surface area (Å²) in [6, 6.07) is 7.04. The first-order valence-corrected chi connectivity index (χ1v) is 7.61. The van der Waals surface area contributed by atoms with Crippen LogP contribution in [0, 0.1) is 5.92 Å². The molecule has 0 radical (unpaired) electrons. The van der Waals surface area contributed by atoms with Gasteiger partial charge in [-0.1, -0.05) is 0 Å². The molecule has 8 heteroatoms. The zero-order chi connectivity index (χ0) is 16.7. The van der Waals surface area contributed by atoms with Crippen LogP contribution in [0.4, 0.5) is 11.5 Å². The van der Waals surface area contributed by atoms with Crippen molar-refractivity contribution in [3.8, 4) is 11.5 Å². The van der Waals surface area contributed by atoms with Gasteiger partial charge in [0.15, 0.2) is 17.3 Å². The van der Waals surface area contributed by atoms with Crippen LogP contribution in [-0.4, -0.2) is 34.9 Å². The van der Waals surface area contributed by atoms with Gasteiger partial charge in [-0.25, -0.2) is 0 Å². The number of anilines is 2. The van der Waals surface area contributed by atoms with Gasteiger partial charge in [0.2, 0.25) is 18.6 Å². The van der Waals surface area contributed by atoms with Gasteiger partial charge in [-0.3, -0.25) is 14.3 Å². The minimum atomic E-state index is -0.412. The first-order valence-electron chi connectivity index (χ1n) is 7.61. The summed E-state index contributed by atoms with van der Waals surface area (Å²) >= 11 is 0. The van der Waals surface area contributed by atoms with Crippen molar-refractivity contribution in [3.63, 3.8) is 0 Å². The Morgan fingerprint density at radius 2 is 2.12 bits per heavy atom. The van der Waals surface area contributed by atoms with Gasteiger partial charge < -0.3 is 19.7 Å². The molecule has 2 aliphatic rings. The third kappa shape index (κ3) is 2.55. The van der Waals surface area contributed by atoms with Crippen molar-refractivity contribution in [2.24, 2.45) is 13.0 Å². The second kappa shape index (κ2) is 5.55. The van der Waals surface area contributed by atoms with Gasteiger partial charge >= 0.3 is 0 Å². The molecule has 4 rings (SSSR count). The summed E-state index contributed by atoms with van der Waals surface area (Å²) in [5.41, 5.74) is 0.706. The summed E-state index contributed by atoms with van der Waals surface area (Å²) < 4.78 is 12.2. The maximum Gasteiger partial charge on any atom is 0.231 e. The van der Waals surface area contributed by atoms with Gasteiger partial charge in [0.05, 0.1) is 5.92 Å². The SMILES string of the molecule is Cn1ccc(NC(=O)C2CC(=O)N(c3ccc4c(c3)OCO4)C2)n1. The Bertz CT molecular complexity index is 816. The smallest absolute Gasteiger partial charge is 0.231 e. The minimum Gasteiger partial charge on any atom is -0.454 e. The molecule has 1 saturated heterocycles. The first-order chi connectivity index (χ1) is 11.6. The third-order valence-corrected chi connectivity index (χ3v) is 4.13. The molecule has 24 heavy (non-hydrogen) atoms. The molecule has 0 bridgehead atoms.